The van der Waals surface area contributed by atoms with Crippen molar-refractivity contribution in [2.75, 3.05) is 19.7 Å². The zero-order chi connectivity index (χ0) is 12.0. The van der Waals surface area contributed by atoms with Gasteiger partial charge < -0.3 is 9.84 Å². The third-order valence-corrected chi connectivity index (χ3v) is 3.06. The van der Waals surface area contributed by atoms with Crippen molar-refractivity contribution in [1.29, 1.82) is 0 Å². The molecule has 2 unspecified atom stereocenters. The molecule has 0 aromatic heterocycles. The van der Waals surface area contributed by atoms with Gasteiger partial charge in [-0.3, -0.25) is 9.69 Å². The molecule has 0 aromatic rings. The molecule has 0 bridgehead atoms. The van der Waals surface area contributed by atoms with Crippen LogP contribution in [0.25, 0.3) is 0 Å². The summed E-state index contributed by atoms with van der Waals surface area (Å²) in [7, 11) is 0. The highest BCUT2D eigenvalue weighted by Gasteiger charge is 2.31. The first-order chi connectivity index (χ1) is 7.69. The predicted molar refractivity (Wildman–Crippen MR) is 62.1 cm³/mol. The zero-order valence-electron chi connectivity index (χ0n) is 10.3. The van der Waals surface area contributed by atoms with E-state index in [4.69, 9.17) is 4.74 Å². The van der Waals surface area contributed by atoms with Crippen molar-refractivity contribution in [3.8, 4) is 0 Å². The van der Waals surface area contributed by atoms with Gasteiger partial charge in [-0.1, -0.05) is 6.92 Å². The maximum atomic E-state index is 11.4. The molecule has 0 radical (unpaired) electrons. The molecule has 0 amide bonds. The molecule has 1 aliphatic rings. The lowest BCUT2D eigenvalue weighted by atomic mass is 10.1. The average Bonchev–Trinajstić information content (AvgIpc) is 2.64. The molecule has 1 rings (SSSR count). The number of hydrogen-bond acceptors (Lipinski definition) is 4. The Morgan fingerprint density at radius 3 is 2.69 bits per heavy atom. The second-order valence-electron chi connectivity index (χ2n) is 4.34. The Morgan fingerprint density at radius 1 is 1.44 bits per heavy atom. The summed E-state index contributed by atoms with van der Waals surface area (Å²) in [5.74, 6) is -0.185. The molecule has 94 valence electrons. The molecule has 0 heterocycles. The van der Waals surface area contributed by atoms with Crippen LogP contribution in [0.15, 0.2) is 0 Å². The van der Waals surface area contributed by atoms with Gasteiger partial charge in [0.15, 0.2) is 0 Å². The van der Waals surface area contributed by atoms with Crippen LogP contribution in [-0.4, -0.2) is 47.8 Å². The number of hydrogen-bond donors (Lipinski definition) is 1. The first-order valence-corrected chi connectivity index (χ1v) is 6.26. The molecule has 4 nitrogen and oxygen atoms in total. The van der Waals surface area contributed by atoms with E-state index in [0.29, 0.717) is 13.2 Å². The number of carbonyl (C=O) groups is 1. The van der Waals surface area contributed by atoms with Crippen LogP contribution in [-0.2, 0) is 9.53 Å². The Bertz CT molecular complexity index is 220. The van der Waals surface area contributed by atoms with Crippen LogP contribution in [0.4, 0.5) is 0 Å². The molecule has 2 atom stereocenters. The Labute approximate surface area is 97.6 Å². The van der Waals surface area contributed by atoms with E-state index in [2.05, 4.69) is 11.8 Å². The van der Waals surface area contributed by atoms with Crippen LogP contribution in [0.1, 0.15) is 39.5 Å². The molecule has 0 saturated heterocycles. The zero-order valence-corrected chi connectivity index (χ0v) is 10.3. The van der Waals surface area contributed by atoms with E-state index in [9.17, 15) is 9.90 Å². The summed E-state index contributed by atoms with van der Waals surface area (Å²) in [6.45, 7) is 5.47. The van der Waals surface area contributed by atoms with Crippen LogP contribution in [0, 0.1) is 0 Å². The van der Waals surface area contributed by atoms with Crippen LogP contribution >= 0.6 is 0 Å². The standard InChI is InChI=1S/C12H23NO3/c1-3-8-13(9-12(15)16-4-2)10-6-5-7-11(10)14/h10-11,14H,3-9H2,1-2H3. The summed E-state index contributed by atoms with van der Waals surface area (Å²) in [6, 6.07) is 0.143. The summed E-state index contributed by atoms with van der Waals surface area (Å²) in [5.41, 5.74) is 0. The molecule has 1 N–H and O–H groups in total. The van der Waals surface area contributed by atoms with Gasteiger partial charge in [0.1, 0.15) is 0 Å². The summed E-state index contributed by atoms with van der Waals surface area (Å²) >= 11 is 0. The predicted octanol–water partition coefficient (Wildman–Crippen LogP) is 1.17. The molecule has 1 saturated carbocycles. The first kappa shape index (κ1) is 13.5. The number of esters is 1. The van der Waals surface area contributed by atoms with Gasteiger partial charge in [-0.15, -0.1) is 0 Å². The fourth-order valence-electron chi connectivity index (χ4n) is 2.37. The molecular formula is C12H23NO3. The molecule has 1 aliphatic carbocycles. The van der Waals surface area contributed by atoms with Gasteiger partial charge in [0.25, 0.3) is 0 Å². The summed E-state index contributed by atoms with van der Waals surface area (Å²) in [5, 5.41) is 9.83. The Morgan fingerprint density at radius 2 is 2.19 bits per heavy atom. The Kier molecular flexibility index (Phi) is 5.77. The van der Waals surface area contributed by atoms with E-state index >= 15 is 0 Å². The van der Waals surface area contributed by atoms with Gasteiger partial charge in [-0.05, 0) is 39.2 Å². The van der Waals surface area contributed by atoms with Crippen molar-refractivity contribution in [3.63, 3.8) is 0 Å². The number of aliphatic hydroxyl groups is 1. The molecule has 4 heteroatoms. The average molecular weight is 229 g/mol. The number of rotatable bonds is 6. The van der Waals surface area contributed by atoms with Gasteiger partial charge >= 0.3 is 5.97 Å². The molecule has 1 fully saturated rings. The van der Waals surface area contributed by atoms with E-state index in [1.807, 2.05) is 6.92 Å². The van der Waals surface area contributed by atoms with Crippen molar-refractivity contribution in [3.05, 3.63) is 0 Å². The highest BCUT2D eigenvalue weighted by Crippen LogP contribution is 2.24. The Balaban J connectivity index is 2.49. The van der Waals surface area contributed by atoms with Crippen molar-refractivity contribution in [2.45, 2.75) is 51.7 Å². The van der Waals surface area contributed by atoms with Crippen LogP contribution in [0.2, 0.25) is 0 Å². The maximum absolute atomic E-state index is 11.4. The lowest BCUT2D eigenvalue weighted by molar-refractivity contribution is -0.145. The van der Waals surface area contributed by atoms with Crippen molar-refractivity contribution in [1.82, 2.24) is 4.90 Å². The minimum absolute atomic E-state index is 0.143. The van der Waals surface area contributed by atoms with E-state index in [1.165, 1.54) is 0 Å². The fraction of sp³-hybridized carbons (Fsp3) is 0.917. The van der Waals surface area contributed by atoms with Crippen molar-refractivity contribution < 1.29 is 14.6 Å². The third kappa shape index (κ3) is 3.76. The molecule has 0 spiro atoms. The number of carbonyl (C=O) groups excluding carboxylic acids is 1. The third-order valence-electron chi connectivity index (χ3n) is 3.06. The van der Waals surface area contributed by atoms with Crippen LogP contribution in [0.5, 0.6) is 0 Å². The fourth-order valence-corrected chi connectivity index (χ4v) is 2.37. The summed E-state index contributed by atoms with van der Waals surface area (Å²) < 4.78 is 4.95. The second kappa shape index (κ2) is 6.86. The van der Waals surface area contributed by atoms with E-state index in [1.54, 1.807) is 0 Å². The van der Waals surface area contributed by atoms with Gasteiger partial charge in [0.2, 0.25) is 0 Å². The monoisotopic (exact) mass is 229 g/mol. The van der Waals surface area contributed by atoms with Crippen LogP contribution in [0.3, 0.4) is 0 Å². The quantitative estimate of drug-likeness (QED) is 0.695. The highest BCUT2D eigenvalue weighted by molar-refractivity contribution is 5.71. The maximum Gasteiger partial charge on any atom is 0.320 e. The number of ether oxygens (including phenoxy) is 1. The van der Waals surface area contributed by atoms with Crippen molar-refractivity contribution >= 4 is 5.97 Å². The molecule has 0 aromatic carbocycles. The van der Waals surface area contributed by atoms with Gasteiger partial charge in [0.05, 0.1) is 19.3 Å². The lowest BCUT2D eigenvalue weighted by Crippen LogP contribution is -2.44. The normalized spacial score (nSPS) is 25.0. The van der Waals surface area contributed by atoms with Gasteiger partial charge in [-0.25, -0.2) is 0 Å². The van der Waals surface area contributed by atoms with E-state index < -0.39 is 0 Å². The number of nitrogens with zero attached hydrogens (tertiary/aromatic N) is 1. The number of aliphatic hydroxyl groups excluding tert-OH is 1. The largest absolute Gasteiger partial charge is 0.465 e. The molecule has 16 heavy (non-hydrogen) atoms. The topological polar surface area (TPSA) is 49.8 Å². The van der Waals surface area contributed by atoms with Gasteiger partial charge in [-0.2, -0.15) is 0 Å². The first-order valence-electron chi connectivity index (χ1n) is 6.26. The molecule has 0 aliphatic heterocycles. The minimum atomic E-state index is -0.277. The molecular weight excluding hydrogens is 206 g/mol. The van der Waals surface area contributed by atoms with E-state index in [0.717, 1.165) is 32.2 Å². The smallest absolute Gasteiger partial charge is 0.320 e. The second-order valence-corrected chi connectivity index (χ2v) is 4.34. The lowest BCUT2D eigenvalue weighted by Gasteiger charge is -2.29. The van der Waals surface area contributed by atoms with Crippen molar-refractivity contribution in [2.24, 2.45) is 0 Å². The highest BCUT2D eigenvalue weighted by atomic mass is 16.5. The minimum Gasteiger partial charge on any atom is -0.465 e. The van der Waals surface area contributed by atoms with Crippen LogP contribution < -0.4 is 0 Å². The summed E-state index contributed by atoms with van der Waals surface area (Å²) in [4.78, 5) is 13.5. The SMILES string of the molecule is CCCN(CC(=O)OCC)C1CCCC1O. The Hall–Kier alpha value is -0.610. The van der Waals surface area contributed by atoms with E-state index in [-0.39, 0.29) is 18.1 Å². The summed E-state index contributed by atoms with van der Waals surface area (Å²) in [6.07, 6.45) is 3.60. The van der Waals surface area contributed by atoms with Gasteiger partial charge in [0, 0.05) is 6.04 Å².